The van der Waals surface area contributed by atoms with Crippen molar-refractivity contribution in [1.82, 2.24) is 19.9 Å². The maximum atomic E-state index is 5.71. The minimum Gasteiger partial charge on any atom is -0.377 e. The highest BCUT2D eigenvalue weighted by Crippen LogP contribution is 2.29. The zero-order valence-corrected chi connectivity index (χ0v) is 17.4. The van der Waals surface area contributed by atoms with Crippen LogP contribution in [0.2, 0.25) is 0 Å². The Morgan fingerprint density at radius 3 is 2.67 bits per heavy atom. The summed E-state index contributed by atoms with van der Waals surface area (Å²) in [7, 11) is 0. The second kappa shape index (κ2) is 8.12. The number of rotatable bonds is 3. The molecule has 8 heteroatoms. The van der Waals surface area contributed by atoms with Gasteiger partial charge < -0.3 is 19.3 Å². The molecule has 0 saturated carbocycles. The SMILES string of the molecule is C[C@H]1CN(c2nc(N3CCOC[C@@H]3C)c3ncc(-c4ccccc4)nc3n2)CCO1. The number of morpholine rings is 2. The standard InChI is InChI=1S/C22H26N6O2/c1-15-14-29-10-9-28(15)21-19-20(24-18(12-23-19)17-6-4-3-5-7-17)25-22(26-21)27-8-11-30-16(2)13-27/h3-7,12,15-16H,8-11,13-14H2,1-2H3/t15-,16-/m0/s1. The molecule has 0 amide bonds. The number of hydrogen-bond acceptors (Lipinski definition) is 8. The van der Waals surface area contributed by atoms with E-state index in [9.17, 15) is 0 Å². The van der Waals surface area contributed by atoms with Gasteiger partial charge in [0.25, 0.3) is 0 Å². The van der Waals surface area contributed by atoms with Crippen LogP contribution < -0.4 is 9.80 Å². The molecule has 2 aliphatic heterocycles. The van der Waals surface area contributed by atoms with Gasteiger partial charge in [0.2, 0.25) is 5.95 Å². The number of hydrogen-bond donors (Lipinski definition) is 0. The van der Waals surface area contributed by atoms with Gasteiger partial charge in [0.15, 0.2) is 17.0 Å². The van der Waals surface area contributed by atoms with E-state index in [4.69, 9.17) is 29.4 Å². The van der Waals surface area contributed by atoms with E-state index in [0.29, 0.717) is 31.4 Å². The molecule has 0 bridgehead atoms. The van der Waals surface area contributed by atoms with Crippen LogP contribution in [-0.4, -0.2) is 71.5 Å². The van der Waals surface area contributed by atoms with E-state index in [1.165, 1.54) is 0 Å². The van der Waals surface area contributed by atoms with Gasteiger partial charge in [-0.2, -0.15) is 9.97 Å². The third-order valence-electron chi connectivity index (χ3n) is 5.61. The van der Waals surface area contributed by atoms with Crippen LogP contribution in [0.15, 0.2) is 36.5 Å². The first-order chi connectivity index (χ1) is 14.7. The van der Waals surface area contributed by atoms with E-state index in [1.54, 1.807) is 0 Å². The zero-order valence-electron chi connectivity index (χ0n) is 17.4. The van der Waals surface area contributed by atoms with Crippen molar-refractivity contribution >= 4 is 22.9 Å². The molecule has 8 nitrogen and oxygen atoms in total. The number of ether oxygens (including phenoxy) is 2. The van der Waals surface area contributed by atoms with Crippen molar-refractivity contribution in [1.29, 1.82) is 0 Å². The quantitative estimate of drug-likeness (QED) is 0.657. The lowest BCUT2D eigenvalue weighted by atomic mass is 10.1. The lowest BCUT2D eigenvalue weighted by Gasteiger charge is -2.36. The molecule has 2 aromatic heterocycles. The number of anilines is 2. The summed E-state index contributed by atoms with van der Waals surface area (Å²) in [6.45, 7) is 8.53. The second-order valence-corrected chi connectivity index (χ2v) is 7.89. The fraction of sp³-hybridized carbons (Fsp3) is 0.455. The van der Waals surface area contributed by atoms with E-state index >= 15 is 0 Å². The van der Waals surface area contributed by atoms with Crippen molar-refractivity contribution in [2.75, 3.05) is 49.3 Å². The van der Waals surface area contributed by atoms with Crippen LogP contribution in [-0.2, 0) is 9.47 Å². The molecule has 4 heterocycles. The van der Waals surface area contributed by atoms with Gasteiger partial charge >= 0.3 is 0 Å². The van der Waals surface area contributed by atoms with Crippen molar-refractivity contribution in [3.05, 3.63) is 36.5 Å². The number of benzene rings is 1. The largest absolute Gasteiger partial charge is 0.377 e. The van der Waals surface area contributed by atoms with E-state index in [1.807, 2.05) is 36.5 Å². The lowest BCUT2D eigenvalue weighted by molar-refractivity contribution is 0.0526. The van der Waals surface area contributed by atoms with Crippen LogP contribution in [0.3, 0.4) is 0 Å². The molecule has 0 unspecified atom stereocenters. The predicted octanol–water partition coefficient (Wildman–Crippen LogP) is 2.54. The van der Waals surface area contributed by atoms with Crippen molar-refractivity contribution in [3.8, 4) is 11.3 Å². The van der Waals surface area contributed by atoms with Crippen molar-refractivity contribution in [3.63, 3.8) is 0 Å². The Bertz CT molecular complexity index is 1030. The van der Waals surface area contributed by atoms with Gasteiger partial charge in [-0.25, -0.2) is 9.97 Å². The maximum absolute atomic E-state index is 5.71. The molecular formula is C22H26N6O2. The third-order valence-corrected chi connectivity index (χ3v) is 5.61. The molecule has 0 spiro atoms. The monoisotopic (exact) mass is 406 g/mol. The summed E-state index contributed by atoms with van der Waals surface area (Å²) < 4.78 is 11.3. The van der Waals surface area contributed by atoms with E-state index in [0.717, 1.165) is 42.2 Å². The first-order valence-corrected chi connectivity index (χ1v) is 10.5. The minimum atomic E-state index is 0.144. The lowest BCUT2D eigenvalue weighted by Crippen LogP contribution is -2.45. The summed E-state index contributed by atoms with van der Waals surface area (Å²) >= 11 is 0. The number of fused-ring (bicyclic) bond motifs is 1. The van der Waals surface area contributed by atoms with Crippen LogP contribution in [0.25, 0.3) is 22.4 Å². The van der Waals surface area contributed by atoms with Gasteiger partial charge in [0.1, 0.15) is 0 Å². The molecule has 2 atom stereocenters. The second-order valence-electron chi connectivity index (χ2n) is 7.89. The van der Waals surface area contributed by atoms with Gasteiger partial charge in [-0.15, -0.1) is 0 Å². The Balaban J connectivity index is 1.64. The van der Waals surface area contributed by atoms with Crippen molar-refractivity contribution < 1.29 is 9.47 Å². The third kappa shape index (κ3) is 3.68. The Morgan fingerprint density at radius 1 is 1.00 bits per heavy atom. The van der Waals surface area contributed by atoms with Crippen LogP contribution in [0.1, 0.15) is 13.8 Å². The summed E-state index contributed by atoms with van der Waals surface area (Å²) in [4.78, 5) is 23.9. The van der Waals surface area contributed by atoms with Crippen molar-refractivity contribution in [2.24, 2.45) is 0 Å². The van der Waals surface area contributed by atoms with Gasteiger partial charge in [0.05, 0.1) is 43.9 Å². The predicted molar refractivity (Wildman–Crippen MR) is 116 cm³/mol. The number of aromatic nitrogens is 4. The van der Waals surface area contributed by atoms with Gasteiger partial charge in [0, 0.05) is 25.2 Å². The van der Waals surface area contributed by atoms with Crippen molar-refractivity contribution in [2.45, 2.75) is 26.0 Å². The van der Waals surface area contributed by atoms with E-state index in [-0.39, 0.29) is 12.1 Å². The Morgan fingerprint density at radius 2 is 1.87 bits per heavy atom. The average Bonchev–Trinajstić information content (AvgIpc) is 2.79. The Hall–Kier alpha value is -2.84. The molecule has 2 saturated heterocycles. The Labute approximate surface area is 175 Å². The topological polar surface area (TPSA) is 76.5 Å². The molecule has 1 aromatic carbocycles. The van der Waals surface area contributed by atoms with Crippen LogP contribution in [0.5, 0.6) is 0 Å². The molecule has 0 aliphatic carbocycles. The van der Waals surface area contributed by atoms with E-state index in [2.05, 4.69) is 23.6 Å². The highest BCUT2D eigenvalue weighted by atomic mass is 16.5. The summed E-state index contributed by atoms with van der Waals surface area (Å²) in [6.07, 6.45) is 1.96. The minimum absolute atomic E-state index is 0.144. The molecule has 30 heavy (non-hydrogen) atoms. The fourth-order valence-electron chi connectivity index (χ4n) is 4.01. The van der Waals surface area contributed by atoms with Crippen LogP contribution >= 0.6 is 0 Å². The van der Waals surface area contributed by atoms with E-state index < -0.39 is 0 Å². The molecule has 0 radical (unpaired) electrons. The molecule has 2 fully saturated rings. The summed E-state index contributed by atoms with van der Waals surface area (Å²) in [5.41, 5.74) is 3.18. The van der Waals surface area contributed by atoms with Crippen LogP contribution in [0.4, 0.5) is 11.8 Å². The molecule has 5 rings (SSSR count). The molecule has 156 valence electrons. The molecule has 0 N–H and O–H groups in total. The average molecular weight is 406 g/mol. The maximum Gasteiger partial charge on any atom is 0.229 e. The molecule has 2 aliphatic rings. The highest BCUT2D eigenvalue weighted by Gasteiger charge is 2.27. The smallest absolute Gasteiger partial charge is 0.229 e. The summed E-state index contributed by atoms with van der Waals surface area (Å²) in [5, 5.41) is 0. The van der Waals surface area contributed by atoms with Crippen LogP contribution in [0, 0.1) is 0 Å². The first-order valence-electron chi connectivity index (χ1n) is 10.5. The summed E-state index contributed by atoms with van der Waals surface area (Å²) in [6, 6.07) is 10.3. The Kier molecular flexibility index (Phi) is 5.18. The highest BCUT2D eigenvalue weighted by molar-refractivity contribution is 5.85. The van der Waals surface area contributed by atoms with Gasteiger partial charge in [-0.3, -0.25) is 0 Å². The first kappa shape index (κ1) is 19.1. The number of nitrogens with zero attached hydrogens (tertiary/aromatic N) is 6. The molecular weight excluding hydrogens is 380 g/mol. The van der Waals surface area contributed by atoms with Gasteiger partial charge in [-0.05, 0) is 13.8 Å². The summed E-state index contributed by atoms with van der Waals surface area (Å²) in [5.74, 6) is 1.52. The van der Waals surface area contributed by atoms with Gasteiger partial charge in [-0.1, -0.05) is 30.3 Å². The molecule has 3 aromatic rings. The normalized spacial score (nSPS) is 22.5. The zero-order chi connectivity index (χ0) is 20.5. The fourth-order valence-corrected chi connectivity index (χ4v) is 4.01.